The van der Waals surface area contributed by atoms with Crippen LogP contribution in [0.5, 0.6) is 0 Å². The molecule has 0 aromatic heterocycles. The summed E-state index contributed by atoms with van der Waals surface area (Å²) in [7, 11) is 0. The van der Waals surface area contributed by atoms with Gasteiger partial charge in [0.2, 0.25) is 0 Å². The van der Waals surface area contributed by atoms with Gasteiger partial charge in [-0.25, -0.2) is 0 Å². The summed E-state index contributed by atoms with van der Waals surface area (Å²) in [4.78, 5) is 5.25. The number of piperidine rings is 2. The Morgan fingerprint density at radius 3 is 2.00 bits per heavy atom. The average Bonchev–Trinajstić information content (AvgIpc) is 2.40. The second-order valence-corrected chi connectivity index (χ2v) is 6.68. The van der Waals surface area contributed by atoms with Crippen LogP contribution in [-0.2, 0) is 0 Å². The molecular weight excluding hydrogens is 222 g/mol. The number of hydrogen-bond acceptors (Lipinski definition) is 3. The summed E-state index contributed by atoms with van der Waals surface area (Å²) in [5.41, 5.74) is 6.56. The maximum absolute atomic E-state index is 5.94. The number of nitrogens with two attached hydrogens (primary N) is 1. The third kappa shape index (κ3) is 3.94. The molecule has 2 saturated heterocycles. The number of rotatable bonds is 4. The minimum atomic E-state index is 0.460. The van der Waals surface area contributed by atoms with Crippen molar-refractivity contribution in [2.24, 2.45) is 11.1 Å². The van der Waals surface area contributed by atoms with Gasteiger partial charge < -0.3 is 15.5 Å². The van der Waals surface area contributed by atoms with Crippen LogP contribution in [-0.4, -0.2) is 55.1 Å². The fourth-order valence-corrected chi connectivity index (χ4v) is 3.13. The fraction of sp³-hybridized carbons (Fsp3) is 1.00. The predicted molar refractivity (Wildman–Crippen MR) is 77.7 cm³/mol. The van der Waals surface area contributed by atoms with Crippen molar-refractivity contribution in [3.63, 3.8) is 0 Å². The summed E-state index contributed by atoms with van der Waals surface area (Å²) >= 11 is 0. The van der Waals surface area contributed by atoms with E-state index in [0.717, 1.165) is 0 Å². The van der Waals surface area contributed by atoms with E-state index in [1.165, 1.54) is 71.4 Å². The van der Waals surface area contributed by atoms with E-state index in [-0.39, 0.29) is 0 Å². The van der Waals surface area contributed by atoms with E-state index in [0.29, 0.717) is 11.5 Å². The van der Waals surface area contributed by atoms with E-state index in [9.17, 15) is 0 Å². The van der Waals surface area contributed by atoms with Gasteiger partial charge in [-0.05, 0) is 57.3 Å². The molecule has 106 valence electrons. The molecule has 0 atom stereocenters. The Balaban J connectivity index is 1.63. The van der Waals surface area contributed by atoms with Crippen molar-refractivity contribution in [3.05, 3.63) is 0 Å². The molecule has 2 heterocycles. The van der Waals surface area contributed by atoms with E-state index < -0.39 is 0 Å². The zero-order valence-electron chi connectivity index (χ0n) is 12.3. The zero-order chi connectivity index (χ0) is 13.0. The number of likely N-dealkylation sites (tertiary alicyclic amines) is 2. The summed E-state index contributed by atoms with van der Waals surface area (Å²) in [5.74, 6) is 0. The lowest BCUT2D eigenvalue weighted by Gasteiger charge is -2.40. The van der Waals surface area contributed by atoms with Crippen molar-refractivity contribution in [3.8, 4) is 0 Å². The molecule has 0 radical (unpaired) electrons. The molecular formula is C15H31N3. The van der Waals surface area contributed by atoms with Gasteiger partial charge in [-0.3, -0.25) is 0 Å². The zero-order valence-corrected chi connectivity index (χ0v) is 12.3. The van der Waals surface area contributed by atoms with Crippen LogP contribution in [0.25, 0.3) is 0 Å². The molecule has 0 bridgehead atoms. The molecule has 18 heavy (non-hydrogen) atoms. The standard InChI is InChI=1S/C15H31N3/c1-3-15(2)6-10-18(11-7-15)13-12-17-8-4-14(16)5-9-17/h14H,3-13,16H2,1-2H3. The van der Waals surface area contributed by atoms with Crippen LogP contribution in [0.15, 0.2) is 0 Å². The Hall–Kier alpha value is -0.120. The van der Waals surface area contributed by atoms with Crippen molar-refractivity contribution in [2.45, 2.75) is 52.0 Å². The second-order valence-electron chi connectivity index (χ2n) is 6.68. The summed E-state index contributed by atoms with van der Waals surface area (Å²) in [6.07, 6.45) is 6.48. The number of nitrogens with zero attached hydrogens (tertiary/aromatic N) is 2. The monoisotopic (exact) mass is 253 g/mol. The van der Waals surface area contributed by atoms with Crippen LogP contribution >= 0.6 is 0 Å². The van der Waals surface area contributed by atoms with Crippen LogP contribution in [0.1, 0.15) is 46.0 Å². The quantitative estimate of drug-likeness (QED) is 0.831. The van der Waals surface area contributed by atoms with Gasteiger partial charge >= 0.3 is 0 Å². The van der Waals surface area contributed by atoms with E-state index >= 15 is 0 Å². The van der Waals surface area contributed by atoms with Gasteiger partial charge in [0.15, 0.2) is 0 Å². The highest BCUT2D eigenvalue weighted by Crippen LogP contribution is 2.33. The predicted octanol–water partition coefficient (Wildman–Crippen LogP) is 1.92. The van der Waals surface area contributed by atoms with Gasteiger partial charge in [-0.15, -0.1) is 0 Å². The van der Waals surface area contributed by atoms with E-state index in [1.54, 1.807) is 0 Å². The smallest absolute Gasteiger partial charge is 0.0109 e. The molecule has 2 fully saturated rings. The van der Waals surface area contributed by atoms with E-state index in [2.05, 4.69) is 23.6 Å². The molecule has 0 aliphatic carbocycles. The number of hydrogen-bond donors (Lipinski definition) is 1. The molecule has 2 aliphatic heterocycles. The average molecular weight is 253 g/mol. The first kappa shape index (κ1) is 14.3. The molecule has 0 amide bonds. The van der Waals surface area contributed by atoms with Gasteiger partial charge in [0.1, 0.15) is 0 Å². The van der Waals surface area contributed by atoms with Gasteiger partial charge in [-0.2, -0.15) is 0 Å². The molecule has 0 unspecified atom stereocenters. The summed E-state index contributed by atoms with van der Waals surface area (Å²) in [6.45, 7) is 12.3. The molecule has 0 aromatic rings. The second kappa shape index (κ2) is 6.36. The van der Waals surface area contributed by atoms with Crippen molar-refractivity contribution in [1.82, 2.24) is 9.80 Å². The van der Waals surface area contributed by atoms with Crippen LogP contribution in [0.3, 0.4) is 0 Å². The molecule has 0 spiro atoms. The first-order chi connectivity index (χ1) is 8.61. The highest BCUT2D eigenvalue weighted by atomic mass is 15.2. The summed E-state index contributed by atoms with van der Waals surface area (Å²) < 4.78 is 0. The minimum absolute atomic E-state index is 0.460. The molecule has 2 rings (SSSR count). The highest BCUT2D eigenvalue weighted by molar-refractivity contribution is 4.82. The lowest BCUT2D eigenvalue weighted by atomic mass is 9.78. The molecule has 0 saturated carbocycles. The Labute approximate surface area is 113 Å². The van der Waals surface area contributed by atoms with Crippen LogP contribution in [0.4, 0.5) is 0 Å². The first-order valence-electron chi connectivity index (χ1n) is 7.81. The van der Waals surface area contributed by atoms with Crippen molar-refractivity contribution < 1.29 is 0 Å². The lowest BCUT2D eigenvalue weighted by Crippen LogP contribution is -2.45. The van der Waals surface area contributed by atoms with Crippen LogP contribution in [0.2, 0.25) is 0 Å². The third-order valence-corrected chi connectivity index (χ3v) is 5.28. The van der Waals surface area contributed by atoms with E-state index in [4.69, 9.17) is 5.73 Å². The van der Waals surface area contributed by atoms with E-state index in [1.807, 2.05) is 0 Å². The normalized spacial score (nSPS) is 27.5. The SMILES string of the molecule is CCC1(C)CCN(CCN2CCC(N)CC2)CC1. The van der Waals surface area contributed by atoms with Crippen LogP contribution < -0.4 is 5.73 Å². The molecule has 2 aliphatic rings. The molecule has 3 heteroatoms. The first-order valence-corrected chi connectivity index (χ1v) is 7.81. The maximum atomic E-state index is 5.94. The Morgan fingerprint density at radius 1 is 1.00 bits per heavy atom. The molecule has 2 N–H and O–H groups in total. The molecule has 0 aromatic carbocycles. The van der Waals surface area contributed by atoms with Crippen LogP contribution in [0, 0.1) is 5.41 Å². The topological polar surface area (TPSA) is 32.5 Å². The van der Waals surface area contributed by atoms with Gasteiger partial charge in [-0.1, -0.05) is 20.3 Å². The van der Waals surface area contributed by atoms with Crippen molar-refractivity contribution >= 4 is 0 Å². The lowest BCUT2D eigenvalue weighted by molar-refractivity contribution is 0.0982. The Morgan fingerprint density at radius 2 is 1.50 bits per heavy atom. The maximum Gasteiger partial charge on any atom is 0.0109 e. The van der Waals surface area contributed by atoms with Gasteiger partial charge in [0, 0.05) is 19.1 Å². The van der Waals surface area contributed by atoms with Crippen molar-refractivity contribution in [2.75, 3.05) is 39.3 Å². The largest absolute Gasteiger partial charge is 0.328 e. The fourth-order valence-electron chi connectivity index (χ4n) is 3.13. The third-order valence-electron chi connectivity index (χ3n) is 5.28. The van der Waals surface area contributed by atoms with Crippen molar-refractivity contribution in [1.29, 1.82) is 0 Å². The summed E-state index contributed by atoms with van der Waals surface area (Å²) in [5, 5.41) is 0. The van der Waals surface area contributed by atoms with Gasteiger partial charge in [0.25, 0.3) is 0 Å². The molecule has 3 nitrogen and oxygen atoms in total. The van der Waals surface area contributed by atoms with Gasteiger partial charge in [0.05, 0.1) is 0 Å². The minimum Gasteiger partial charge on any atom is -0.328 e. The highest BCUT2D eigenvalue weighted by Gasteiger charge is 2.28. The Kier molecular flexibility index (Phi) is 5.05. The Bertz CT molecular complexity index is 238. The summed E-state index contributed by atoms with van der Waals surface area (Å²) in [6, 6.07) is 0.460.